The molecule has 2 fully saturated rings. The third kappa shape index (κ3) is 3.41. The summed E-state index contributed by atoms with van der Waals surface area (Å²) in [5.41, 5.74) is 3.19. The van der Waals surface area contributed by atoms with Crippen LogP contribution in [-0.4, -0.2) is 42.5 Å². The molecule has 1 amide bonds. The van der Waals surface area contributed by atoms with Crippen molar-refractivity contribution in [1.29, 1.82) is 0 Å². The number of nitrogens with zero attached hydrogens (tertiary/aromatic N) is 3. The number of rotatable bonds is 4. The van der Waals surface area contributed by atoms with Crippen LogP contribution < -0.4 is 15.1 Å². The number of benzene rings is 2. The van der Waals surface area contributed by atoms with Crippen LogP contribution >= 0.6 is 0 Å². The summed E-state index contributed by atoms with van der Waals surface area (Å²) < 4.78 is 0. The lowest BCUT2D eigenvalue weighted by Crippen LogP contribution is -2.61. The molecular formula is C22H24N4O3. The first-order valence-corrected chi connectivity index (χ1v) is 10.2. The number of nitro benzene ring substituents is 1. The highest BCUT2D eigenvalue weighted by molar-refractivity contribution is 5.83. The van der Waals surface area contributed by atoms with E-state index in [4.69, 9.17) is 0 Å². The minimum Gasteiger partial charge on any atom is -0.368 e. The Hall–Kier alpha value is -3.09. The SMILES string of the molecule is O=C(NC1CC1)C1Cc2cc([N+](=O)[O-])ccc2N2CCN(c3ccccc3)CC12. The fraction of sp³-hybridized carbons (Fsp3) is 0.409. The Kier molecular flexibility index (Phi) is 4.38. The van der Waals surface area contributed by atoms with Gasteiger partial charge in [-0.2, -0.15) is 0 Å². The molecule has 5 rings (SSSR count). The molecule has 0 aromatic heterocycles. The quantitative estimate of drug-likeness (QED) is 0.639. The molecule has 2 aromatic carbocycles. The van der Waals surface area contributed by atoms with Gasteiger partial charge in [0.15, 0.2) is 0 Å². The molecule has 2 aliphatic heterocycles. The second-order valence-corrected chi connectivity index (χ2v) is 8.21. The van der Waals surface area contributed by atoms with Gasteiger partial charge in [-0.25, -0.2) is 0 Å². The number of nitrogens with one attached hydrogen (secondary N) is 1. The van der Waals surface area contributed by atoms with Crippen molar-refractivity contribution < 1.29 is 9.72 Å². The van der Waals surface area contributed by atoms with Gasteiger partial charge in [0, 0.05) is 49.2 Å². The maximum Gasteiger partial charge on any atom is 0.269 e. The van der Waals surface area contributed by atoms with Crippen LogP contribution in [0.15, 0.2) is 48.5 Å². The summed E-state index contributed by atoms with van der Waals surface area (Å²) in [7, 11) is 0. The number of piperazine rings is 1. The van der Waals surface area contributed by atoms with E-state index in [0.717, 1.165) is 43.7 Å². The second kappa shape index (κ2) is 7.06. The van der Waals surface area contributed by atoms with Crippen molar-refractivity contribution in [2.24, 2.45) is 5.92 Å². The fourth-order valence-electron chi connectivity index (χ4n) is 4.63. The van der Waals surface area contributed by atoms with Crippen molar-refractivity contribution in [3.8, 4) is 0 Å². The zero-order chi connectivity index (χ0) is 20.0. The Labute approximate surface area is 169 Å². The molecule has 1 saturated carbocycles. The number of carbonyl (C=O) groups excluding carboxylic acids is 1. The monoisotopic (exact) mass is 392 g/mol. The van der Waals surface area contributed by atoms with Crippen LogP contribution in [0.25, 0.3) is 0 Å². The van der Waals surface area contributed by atoms with Crippen LogP contribution in [0.5, 0.6) is 0 Å². The highest BCUT2D eigenvalue weighted by Gasteiger charge is 2.43. The van der Waals surface area contributed by atoms with Gasteiger partial charge in [-0.05, 0) is 43.0 Å². The first-order chi connectivity index (χ1) is 14.1. The molecule has 0 bridgehead atoms. The van der Waals surface area contributed by atoms with E-state index in [0.29, 0.717) is 12.5 Å². The molecule has 0 spiro atoms. The van der Waals surface area contributed by atoms with Gasteiger partial charge in [0.25, 0.3) is 5.69 Å². The molecule has 29 heavy (non-hydrogen) atoms. The average molecular weight is 392 g/mol. The van der Waals surface area contributed by atoms with E-state index in [9.17, 15) is 14.9 Å². The van der Waals surface area contributed by atoms with Crippen molar-refractivity contribution in [2.75, 3.05) is 29.4 Å². The summed E-state index contributed by atoms with van der Waals surface area (Å²) in [5, 5.41) is 14.4. The fourth-order valence-corrected chi connectivity index (χ4v) is 4.63. The molecule has 2 atom stereocenters. The van der Waals surface area contributed by atoms with Crippen LogP contribution in [0, 0.1) is 16.0 Å². The van der Waals surface area contributed by atoms with Gasteiger partial charge in [0.1, 0.15) is 0 Å². The molecular weight excluding hydrogens is 368 g/mol. The number of fused-ring (bicyclic) bond motifs is 3. The molecule has 7 nitrogen and oxygen atoms in total. The first-order valence-electron chi connectivity index (χ1n) is 10.2. The average Bonchev–Trinajstić information content (AvgIpc) is 3.56. The molecule has 150 valence electrons. The molecule has 7 heteroatoms. The Bertz CT molecular complexity index is 944. The minimum atomic E-state index is -0.362. The van der Waals surface area contributed by atoms with Gasteiger partial charge < -0.3 is 15.1 Å². The van der Waals surface area contributed by atoms with Crippen molar-refractivity contribution >= 4 is 23.0 Å². The lowest BCUT2D eigenvalue weighted by atomic mass is 9.83. The number of non-ortho nitro benzene ring substituents is 1. The molecule has 3 aliphatic rings. The zero-order valence-corrected chi connectivity index (χ0v) is 16.2. The lowest BCUT2D eigenvalue weighted by molar-refractivity contribution is -0.384. The minimum absolute atomic E-state index is 0.0525. The van der Waals surface area contributed by atoms with Gasteiger partial charge in [-0.1, -0.05) is 18.2 Å². The van der Waals surface area contributed by atoms with Crippen molar-refractivity contribution in [3.63, 3.8) is 0 Å². The number of hydrogen-bond acceptors (Lipinski definition) is 5. The van der Waals surface area contributed by atoms with Gasteiger partial charge in [-0.3, -0.25) is 14.9 Å². The Morgan fingerprint density at radius 1 is 1.10 bits per heavy atom. The standard InChI is InChI=1S/C22H24N4O3/c27-22(23-16-6-7-16)19-13-15-12-18(26(28)29)8-9-20(15)25-11-10-24(14-21(19)25)17-4-2-1-3-5-17/h1-5,8-9,12,16,19,21H,6-7,10-11,13-14H2,(H,23,27). The van der Waals surface area contributed by atoms with Crippen molar-refractivity contribution in [2.45, 2.75) is 31.3 Å². The summed E-state index contributed by atoms with van der Waals surface area (Å²) in [4.78, 5) is 28.6. The number of para-hydroxylation sites is 1. The summed E-state index contributed by atoms with van der Waals surface area (Å²) >= 11 is 0. The normalized spacial score (nSPS) is 23.2. The van der Waals surface area contributed by atoms with Crippen molar-refractivity contribution in [3.05, 3.63) is 64.2 Å². The molecule has 1 aliphatic carbocycles. The molecule has 2 heterocycles. The number of nitro groups is 1. The van der Waals surface area contributed by atoms with Gasteiger partial charge in [-0.15, -0.1) is 0 Å². The van der Waals surface area contributed by atoms with E-state index < -0.39 is 0 Å². The topological polar surface area (TPSA) is 78.7 Å². The van der Waals surface area contributed by atoms with E-state index in [1.54, 1.807) is 12.1 Å². The van der Waals surface area contributed by atoms with Crippen LogP contribution in [0.4, 0.5) is 17.1 Å². The molecule has 2 aromatic rings. The molecule has 2 unspecified atom stereocenters. The summed E-state index contributed by atoms with van der Waals surface area (Å²) in [6.45, 7) is 2.41. The zero-order valence-electron chi connectivity index (χ0n) is 16.2. The number of carbonyl (C=O) groups is 1. The predicted octanol–water partition coefficient (Wildman–Crippen LogP) is 2.74. The van der Waals surface area contributed by atoms with Gasteiger partial charge in [0.2, 0.25) is 5.91 Å². The van der Waals surface area contributed by atoms with Crippen molar-refractivity contribution in [1.82, 2.24) is 5.32 Å². The molecule has 1 N–H and O–H groups in total. The van der Waals surface area contributed by atoms with E-state index in [1.165, 1.54) is 5.69 Å². The van der Waals surface area contributed by atoms with Crippen LogP contribution in [0.3, 0.4) is 0 Å². The van der Waals surface area contributed by atoms with E-state index in [1.807, 2.05) is 24.3 Å². The summed E-state index contributed by atoms with van der Waals surface area (Å²) in [6.07, 6.45) is 2.63. The Morgan fingerprint density at radius 2 is 1.90 bits per heavy atom. The molecule has 1 saturated heterocycles. The van der Waals surface area contributed by atoms with E-state index in [-0.39, 0.29) is 28.5 Å². The predicted molar refractivity (Wildman–Crippen MR) is 111 cm³/mol. The molecule has 0 radical (unpaired) electrons. The maximum absolute atomic E-state index is 13.1. The highest BCUT2D eigenvalue weighted by atomic mass is 16.6. The van der Waals surface area contributed by atoms with E-state index >= 15 is 0 Å². The third-order valence-electron chi connectivity index (χ3n) is 6.29. The van der Waals surface area contributed by atoms with Gasteiger partial charge in [0.05, 0.1) is 16.9 Å². The van der Waals surface area contributed by atoms with Crippen LogP contribution in [-0.2, 0) is 11.2 Å². The largest absolute Gasteiger partial charge is 0.368 e. The first kappa shape index (κ1) is 18.0. The smallest absolute Gasteiger partial charge is 0.269 e. The lowest BCUT2D eigenvalue weighted by Gasteiger charge is -2.49. The maximum atomic E-state index is 13.1. The van der Waals surface area contributed by atoms with Gasteiger partial charge >= 0.3 is 0 Å². The third-order valence-corrected chi connectivity index (χ3v) is 6.29. The van der Waals surface area contributed by atoms with Crippen LogP contribution in [0.2, 0.25) is 0 Å². The number of hydrogen-bond donors (Lipinski definition) is 1. The summed E-state index contributed by atoms with van der Waals surface area (Å²) in [5.74, 6) is -0.133. The van der Waals surface area contributed by atoms with E-state index in [2.05, 4.69) is 27.2 Å². The Balaban J connectivity index is 1.48. The second-order valence-electron chi connectivity index (χ2n) is 8.21. The highest BCUT2D eigenvalue weighted by Crippen LogP contribution is 2.39. The number of anilines is 2. The van der Waals surface area contributed by atoms with Crippen LogP contribution in [0.1, 0.15) is 18.4 Å². The Morgan fingerprint density at radius 3 is 2.62 bits per heavy atom. The number of amides is 1. The summed E-state index contributed by atoms with van der Waals surface area (Å²) in [6, 6.07) is 15.7.